The molecule has 0 radical (unpaired) electrons. The van der Waals surface area contributed by atoms with E-state index in [4.69, 9.17) is 0 Å². The fraction of sp³-hybridized carbons (Fsp3) is 0.727. The average molecular weight is 181 g/mol. The first-order valence-corrected chi connectivity index (χ1v) is 5.05. The van der Waals surface area contributed by atoms with Crippen LogP contribution in [0.1, 0.15) is 40.5 Å². The van der Waals surface area contributed by atoms with Gasteiger partial charge in [0.1, 0.15) is 0 Å². The lowest BCUT2D eigenvalue weighted by molar-refractivity contribution is -0.133. The Labute approximate surface area is 80.6 Å². The van der Waals surface area contributed by atoms with E-state index in [0.29, 0.717) is 12.1 Å². The smallest absolute Gasteiger partial charge is 0.249 e. The third kappa shape index (κ3) is 1.93. The Hall–Kier alpha value is -0.790. The molecule has 0 N–H and O–H groups in total. The standard InChI is InChI=1S/C11H19NO/c1-5-10-7-6-9(4)12(8(2)3)11(10)13/h5,8-9H,6-7H2,1-4H3/b10-5+. The number of hydrogen-bond donors (Lipinski definition) is 0. The van der Waals surface area contributed by atoms with Gasteiger partial charge in [-0.25, -0.2) is 0 Å². The van der Waals surface area contributed by atoms with Gasteiger partial charge in [-0.05, 0) is 40.5 Å². The summed E-state index contributed by atoms with van der Waals surface area (Å²) in [6, 6.07) is 0.717. The third-order valence-electron chi connectivity index (χ3n) is 2.72. The summed E-state index contributed by atoms with van der Waals surface area (Å²) in [5, 5.41) is 0. The van der Waals surface area contributed by atoms with Gasteiger partial charge < -0.3 is 4.90 Å². The molecular weight excluding hydrogens is 162 g/mol. The number of carbonyl (C=O) groups is 1. The summed E-state index contributed by atoms with van der Waals surface area (Å²) >= 11 is 0. The monoisotopic (exact) mass is 181 g/mol. The molecule has 13 heavy (non-hydrogen) atoms. The maximum absolute atomic E-state index is 11.9. The molecule has 0 aromatic heterocycles. The Bertz CT molecular complexity index is 230. The van der Waals surface area contributed by atoms with Crippen molar-refractivity contribution in [3.8, 4) is 0 Å². The summed E-state index contributed by atoms with van der Waals surface area (Å²) in [5.41, 5.74) is 0.979. The van der Waals surface area contributed by atoms with Crippen molar-refractivity contribution in [3.63, 3.8) is 0 Å². The molecule has 0 saturated carbocycles. The first-order valence-electron chi connectivity index (χ1n) is 5.05. The maximum Gasteiger partial charge on any atom is 0.249 e. The van der Waals surface area contributed by atoms with Crippen LogP contribution in [-0.2, 0) is 4.79 Å². The van der Waals surface area contributed by atoms with Gasteiger partial charge in [-0.2, -0.15) is 0 Å². The zero-order valence-electron chi connectivity index (χ0n) is 9.00. The van der Waals surface area contributed by atoms with Crippen LogP contribution in [0.2, 0.25) is 0 Å². The average Bonchev–Trinajstić information content (AvgIpc) is 2.04. The van der Waals surface area contributed by atoms with E-state index in [2.05, 4.69) is 20.8 Å². The molecule has 1 aliphatic rings. The molecule has 1 rings (SSSR count). The van der Waals surface area contributed by atoms with Gasteiger partial charge in [0.25, 0.3) is 0 Å². The lowest BCUT2D eigenvalue weighted by Gasteiger charge is -2.37. The zero-order valence-corrected chi connectivity index (χ0v) is 9.00. The SMILES string of the molecule is C/C=C1\CCC(C)N(C(C)C)C1=O. The zero-order chi connectivity index (χ0) is 10.0. The first-order chi connectivity index (χ1) is 6.07. The topological polar surface area (TPSA) is 20.3 Å². The van der Waals surface area contributed by atoms with Gasteiger partial charge in [0.15, 0.2) is 0 Å². The Morgan fingerprint density at radius 1 is 1.54 bits per heavy atom. The molecule has 1 unspecified atom stereocenters. The number of piperidine rings is 1. The molecule has 1 aliphatic heterocycles. The van der Waals surface area contributed by atoms with Crippen molar-refractivity contribution >= 4 is 5.91 Å². The quantitative estimate of drug-likeness (QED) is 0.569. The number of nitrogens with zero attached hydrogens (tertiary/aromatic N) is 1. The Morgan fingerprint density at radius 2 is 2.15 bits per heavy atom. The molecule has 0 aliphatic carbocycles. The number of allylic oxidation sites excluding steroid dienone is 1. The fourth-order valence-corrected chi connectivity index (χ4v) is 1.99. The van der Waals surface area contributed by atoms with Gasteiger partial charge in [-0.15, -0.1) is 0 Å². The number of amides is 1. The molecule has 1 fully saturated rings. The summed E-state index contributed by atoms with van der Waals surface area (Å²) in [6.07, 6.45) is 3.99. The van der Waals surface area contributed by atoms with Crippen LogP contribution in [0.5, 0.6) is 0 Å². The molecule has 0 spiro atoms. The van der Waals surface area contributed by atoms with Crippen molar-refractivity contribution in [2.45, 2.75) is 52.6 Å². The Kier molecular flexibility index (Phi) is 3.12. The first kappa shape index (κ1) is 10.3. The third-order valence-corrected chi connectivity index (χ3v) is 2.72. The molecule has 74 valence electrons. The molecule has 2 heteroatoms. The van der Waals surface area contributed by atoms with Crippen molar-refractivity contribution in [2.75, 3.05) is 0 Å². The molecular formula is C11H19NO. The Balaban J connectivity index is 2.85. The van der Waals surface area contributed by atoms with E-state index in [1.807, 2.05) is 17.9 Å². The predicted molar refractivity (Wildman–Crippen MR) is 54.4 cm³/mol. The van der Waals surface area contributed by atoms with Crippen LogP contribution >= 0.6 is 0 Å². The largest absolute Gasteiger partial charge is 0.334 e. The fourth-order valence-electron chi connectivity index (χ4n) is 1.99. The predicted octanol–water partition coefficient (Wildman–Crippen LogP) is 2.35. The van der Waals surface area contributed by atoms with Gasteiger partial charge in [0.05, 0.1) is 0 Å². The number of likely N-dealkylation sites (tertiary alicyclic amines) is 1. The minimum atomic E-state index is 0.233. The van der Waals surface area contributed by atoms with E-state index in [1.165, 1.54) is 0 Å². The van der Waals surface area contributed by atoms with Gasteiger partial charge in [0, 0.05) is 17.7 Å². The highest BCUT2D eigenvalue weighted by atomic mass is 16.2. The van der Waals surface area contributed by atoms with Gasteiger partial charge in [0.2, 0.25) is 5.91 Å². The highest BCUT2D eigenvalue weighted by Gasteiger charge is 2.29. The molecule has 0 aromatic rings. The molecule has 1 saturated heterocycles. The summed E-state index contributed by atoms with van der Waals surface area (Å²) < 4.78 is 0. The van der Waals surface area contributed by atoms with Crippen LogP contribution in [0.15, 0.2) is 11.6 Å². The molecule has 2 nitrogen and oxygen atoms in total. The normalized spacial score (nSPS) is 27.5. The van der Waals surface area contributed by atoms with Crippen LogP contribution in [0, 0.1) is 0 Å². The lowest BCUT2D eigenvalue weighted by atomic mass is 9.96. The molecule has 0 aromatic carbocycles. The van der Waals surface area contributed by atoms with Crippen molar-refractivity contribution in [1.82, 2.24) is 4.90 Å². The van der Waals surface area contributed by atoms with E-state index >= 15 is 0 Å². The lowest BCUT2D eigenvalue weighted by Crippen LogP contribution is -2.47. The van der Waals surface area contributed by atoms with Gasteiger partial charge in [-0.3, -0.25) is 4.79 Å². The maximum atomic E-state index is 11.9. The molecule has 1 heterocycles. The van der Waals surface area contributed by atoms with Crippen LogP contribution in [-0.4, -0.2) is 22.9 Å². The van der Waals surface area contributed by atoms with E-state index in [-0.39, 0.29) is 5.91 Å². The Morgan fingerprint density at radius 3 is 2.62 bits per heavy atom. The summed E-state index contributed by atoms with van der Waals surface area (Å²) in [6.45, 7) is 8.23. The summed E-state index contributed by atoms with van der Waals surface area (Å²) in [7, 11) is 0. The van der Waals surface area contributed by atoms with E-state index in [9.17, 15) is 4.79 Å². The summed E-state index contributed by atoms with van der Waals surface area (Å²) in [4.78, 5) is 13.9. The second-order valence-corrected chi connectivity index (χ2v) is 4.01. The van der Waals surface area contributed by atoms with Gasteiger partial charge >= 0.3 is 0 Å². The highest BCUT2D eigenvalue weighted by molar-refractivity contribution is 5.94. The molecule has 1 atom stereocenters. The number of hydrogen-bond acceptors (Lipinski definition) is 1. The second kappa shape index (κ2) is 3.95. The van der Waals surface area contributed by atoms with E-state index in [0.717, 1.165) is 18.4 Å². The number of carbonyl (C=O) groups excluding carboxylic acids is 1. The van der Waals surface area contributed by atoms with Crippen LogP contribution in [0.3, 0.4) is 0 Å². The van der Waals surface area contributed by atoms with E-state index < -0.39 is 0 Å². The number of rotatable bonds is 1. The highest BCUT2D eigenvalue weighted by Crippen LogP contribution is 2.24. The van der Waals surface area contributed by atoms with Gasteiger partial charge in [-0.1, -0.05) is 6.08 Å². The minimum absolute atomic E-state index is 0.233. The van der Waals surface area contributed by atoms with Crippen molar-refractivity contribution in [1.29, 1.82) is 0 Å². The molecule has 0 bridgehead atoms. The van der Waals surface area contributed by atoms with E-state index in [1.54, 1.807) is 0 Å². The second-order valence-electron chi connectivity index (χ2n) is 4.01. The summed E-state index contributed by atoms with van der Waals surface area (Å²) in [5.74, 6) is 0.233. The minimum Gasteiger partial charge on any atom is -0.334 e. The molecule has 1 amide bonds. The van der Waals surface area contributed by atoms with Crippen molar-refractivity contribution in [3.05, 3.63) is 11.6 Å². The van der Waals surface area contributed by atoms with Crippen LogP contribution in [0.4, 0.5) is 0 Å². The van der Waals surface area contributed by atoms with Crippen LogP contribution < -0.4 is 0 Å². The van der Waals surface area contributed by atoms with Crippen LogP contribution in [0.25, 0.3) is 0 Å². The van der Waals surface area contributed by atoms with Crippen molar-refractivity contribution < 1.29 is 4.79 Å². The van der Waals surface area contributed by atoms with Crippen molar-refractivity contribution in [2.24, 2.45) is 0 Å².